The van der Waals surface area contributed by atoms with Crippen molar-refractivity contribution >= 4 is 28.4 Å². The Bertz CT molecular complexity index is 529. The van der Waals surface area contributed by atoms with Crippen LogP contribution in [0.2, 0.25) is 0 Å². The molecule has 0 aliphatic carbocycles. The van der Waals surface area contributed by atoms with Crippen molar-refractivity contribution < 1.29 is 9.15 Å². The van der Waals surface area contributed by atoms with Crippen molar-refractivity contribution in [3.05, 3.63) is 27.9 Å². The van der Waals surface area contributed by atoms with Crippen LogP contribution in [0.3, 0.4) is 0 Å². The SMILES string of the molecule is CCCNc1nc(-c2ccoc2)nc(COC)c1I. The summed E-state index contributed by atoms with van der Waals surface area (Å²) >= 11 is 2.25. The Kier molecular flexibility index (Phi) is 5.15. The molecule has 0 bridgehead atoms. The molecule has 0 aliphatic heterocycles. The van der Waals surface area contributed by atoms with Gasteiger partial charge in [-0.15, -0.1) is 0 Å². The summed E-state index contributed by atoms with van der Waals surface area (Å²) in [5.41, 5.74) is 1.75. The first-order valence-electron chi connectivity index (χ1n) is 6.08. The second kappa shape index (κ2) is 6.85. The van der Waals surface area contributed by atoms with E-state index in [2.05, 4.69) is 44.8 Å². The smallest absolute Gasteiger partial charge is 0.165 e. The van der Waals surface area contributed by atoms with E-state index in [4.69, 9.17) is 9.15 Å². The molecule has 0 amide bonds. The maximum atomic E-state index is 5.19. The molecule has 0 radical (unpaired) electrons. The van der Waals surface area contributed by atoms with Gasteiger partial charge in [-0.05, 0) is 35.1 Å². The highest BCUT2D eigenvalue weighted by Crippen LogP contribution is 2.24. The monoisotopic (exact) mass is 373 g/mol. The number of nitrogens with zero attached hydrogens (tertiary/aromatic N) is 2. The van der Waals surface area contributed by atoms with Crippen LogP contribution in [0.1, 0.15) is 19.0 Å². The fraction of sp³-hybridized carbons (Fsp3) is 0.385. The molecule has 6 heteroatoms. The molecule has 2 aromatic heterocycles. The Morgan fingerprint density at radius 2 is 2.26 bits per heavy atom. The van der Waals surface area contributed by atoms with Gasteiger partial charge in [0, 0.05) is 13.7 Å². The van der Waals surface area contributed by atoms with Crippen LogP contribution in [0.15, 0.2) is 23.0 Å². The van der Waals surface area contributed by atoms with E-state index in [9.17, 15) is 0 Å². The molecular weight excluding hydrogens is 357 g/mol. The fourth-order valence-corrected chi connectivity index (χ4v) is 2.19. The van der Waals surface area contributed by atoms with Crippen LogP contribution in [-0.2, 0) is 11.3 Å². The highest BCUT2D eigenvalue weighted by atomic mass is 127. The lowest BCUT2D eigenvalue weighted by atomic mass is 10.3. The quantitative estimate of drug-likeness (QED) is 0.788. The molecule has 0 aromatic carbocycles. The Labute approximate surface area is 125 Å². The van der Waals surface area contributed by atoms with Crippen molar-refractivity contribution in [1.82, 2.24) is 9.97 Å². The largest absolute Gasteiger partial charge is 0.472 e. The van der Waals surface area contributed by atoms with Crippen molar-refractivity contribution in [2.75, 3.05) is 19.0 Å². The summed E-state index contributed by atoms with van der Waals surface area (Å²) in [4.78, 5) is 9.08. The summed E-state index contributed by atoms with van der Waals surface area (Å²) in [5, 5.41) is 3.32. The summed E-state index contributed by atoms with van der Waals surface area (Å²) < 4.78 is 11.3. The van der Waals surface area contributed by atoms with Crippen LogP contribution in [-0.4, -0.2) is 23.6 Å². The number of nitrogens with one attached hydrogen (secondary N) is 1. The number of ether oxygens (including phenoxy) is 1. The molecular formula is C13H16IN3O2. The molecule has 0 aliphatic rings. The number of furan rings is 1. The molecule has 0 unspecified atom stereocenters. The Balaban J connectivity index is 2.41. The number of methoxy groups -OCH3 is 1. The maximum Gasteiger partial charge on any atom is 0.165 e. The van der Waals surface area contributed by atoms with Gasteiger partial charge in [-0.25, -0.2) is 9.97 Å². The van der Waals surface area contributed by atoms with E-state index in [0.717, 1.165) is 33.6 Å². The van der Waals surface area contributed by atoms with Crippen LogP contribution in [0.5, 0.6) is 0 Å². The number of aromatic nitrogens is 2. The summed E-state index contributed by atoms with van der Waals surface area (Å²) in [6.45, 7) is 3.46. The van der Waals surface area contributed by atoms with Gasteiger partial charge >= 0.3 is 0 Å². The minimum Gasteiger partial charge on any atom is -0.472 e. The third-order valence-electron chi connectivity index (χ3n) is 2.52. The van der Waals surface area contributed by atoms with Crippen LogP contribution in [0.4, 0.5) is 5.82 Å². The molecule has 1 N–H and O–H groups in total. The van der Waals surface area contributed by atoms with Crippen LogP contribution in [0, 0.1) is 3.57 Å². The van der Waals surface area contributed by atoms with E-state index in [-0.39, 0.29) is 0 Å². The van der Waals surface area contributed by atoms with E-state index in [1.165, 1.54) is 0 Å². The first-order chi connectivity index (χ1) is 9.26. The number of hydrogen-bond acceptors (Lipinski definition) is 5. The summed E-state index contributed by atoms with van der Waals surface area (Å²) in [6, 6.07) is 1.85. The van der Waals surface area contributed by atoms with Crippen LogP contribution in [0.25, 0.3) is 11.4 Å². The number of anilines is 1. The molecule has 2 heterocycles. The normalized spacial score (nSPS) is 10.7. The highest BCUT2D eigenvalue weighted by Gasteiger charge is 2.13. The van der Waals surface area contributed by atoms with Gasteiger partial charge in [0.05, 0.1) is 27.7 Å². The van der Waals surface area contributed by atoms with E-state index in [0.29, 0.717) is 12.4 Å². The van der Waals surface area contributed by atoms with E-state index in [1.807, 2.05) is 6.07 Å². The van der Waals surface area contributed by atoms with Crippen molar-refractivity contribution in [1.29, 1.82) is 0 Å². The first-order valence-corrected chi connectivity index (χ1v) is 7.16. The average molecular weight is 373 g/mol. The van der Waals surface area contributed by atoms with Crippen LogP contribution >= 0.6 is 22.6 Å². The van der Waals surface area contributed by atoms with Crippen molar-refractivity contribution in [2.45, 2.75) is 20.0 Å². The van der Waals surface area contributed by atoms with Crippen molar-refractivity contribution in [3.8, 4) is 11.4 Å². The topological polar surface area (TPSA) is 60.2 Å². The Morgan fingerprint density at radius 3 is 2.89 bits per heavy atom. The highest BCUT2D eigenvalue weighted by molar-refractivity contribution is 14.1. The second-order valence-electron chi connectivity index (χ2n) is 4.03. The average Bonchev–Trinajstić information content (AvgIpc) is 2.94. The fourth-order valence-electron chi connectivity index (χ4n) is 1.61. The van der Waals surface area contributed by atoms with Crippen LogP contribution < -0.4 is 5.32 Å². The number of rotatable bonds is 6. The Hall–Kier alpha value is -1.15. The molecule has 2 rings (SSSR count). The third-order valence-corrected chi connectivity index (χ3v) is 3.66. The minimum atomic E-state index is 0.465. The lowest BCUT2D eigenvalue weighted by molar-refractivity contribution is 0.181. The maximum absolute atomic E-state index is 5.19. The van der Waals surface area contributed by atoms with Gasteiger partial charge in [0.15, 0.2) is 5.82 Å². The van der Waals surface area contributed by atoms with Gasteiger partial charge < -0.3 is 14.5 Å². The van der Waals surface area contributed by atoms with Gasteiger partial charge in [0.2, 0.25) is 0 Å². The Morgan fingerprint density at radius 1 is 1.42 bits per heavy atom. The first kappa shape index (κ1) is 14.3. The summed E-state index contributed by atoms with van der Waals surface area (Å²) in [7, 11) is 1.66. The van der Waals surface area contributed by atoms with E-state index >= 15 is 0 Å². The lowest BCUT2D eigenvalue weighted by Gasteiger charge is -2.11. The summed E-state index contributed by atoms with van der Waals surface area (Å²) in [6.07, 6.45) is 4.30. The molecule has 0 fully saturated rings. The molecule has 19 heavy (non-hydrogen) atoms. The predicted molar refractivity (Wildman–Crippen MR) is 81.9 cm³/mol. The zero-order valence-corrected chi connectivity index (χ0v) is 13.1. The molecule has 0 spiro atoms. The van der Waals surface area contributed by atoms with Crippen molar-refractivity contribution in [3.63, 3.8) is 0 Å². The lowest BCUT2D eigenvalue weighted by Crippen LogP contribution is -2.09. The zero-order chi connectivity index (χ0) is 13.7. The van der Waals surface area contributed by atoms with Gasteiger partial charge in [-0.2, -0.15) is 0 Å². The van der Waals surface area contributed by atoms with Gasteiger partial charge in [0.1, 0.15) is 12.1 Å². The molecule has 0 saturated carbocycles. The molecule has 2 aromatic rings. The van der Waals surface area contributed by atoms with E-state index < -0.39 is 0 Å². The molecule has 0 saturated heterocycles. The summed E-state index contributed by atoms with van der Waals surface area (Å²) in [5.74, 6) is 1.50. The molecule has 102 valence electrons. The standard InChI is InChI=1S/C13H16IN3O2/c1-3-5-15-13-11(14)10(8-18-2)16-12(17-13)9-4-6-19-7-9/h4,6-7H,3,5,8H2,1-2H3,(H,15,16,17). The number of hydrogen-bond donors (Lipinski definition) is 1. The minimum absolute atomic E-state index is 0.465. The van der Waals surface area contributed by atoms with Gasteiger partial charge in [0.25, 0.3) is 0 Å². The second-order valence-corrected chi connectivity index (χ2v) is 5.11. The predicted octanol–water partition coefficient (Wildman–Crippen LogP) is 3.31. The van der Waals surface area contributed by atoms with E-state index in [1.54, 1.807) is 19.6 Å². The molecule has 0 atom stereocenters. The number of halogens is 1. The zero-order valence-electron chi connectivity index (χ0n) is 10.9. The van der Waals surface area contributed by atoms with Gasteiger partial charge in [-0.3, -0.25) is 0 Å². The third kappa shape index (κ3) is 3.44. The molecule has 5 nitrogen and oxygen atoms in total. The van der Waals surface area contributed by atoms with Gasteiger partial charge in [-0.1, -0.05) is 6.92 Å². The van der Waals surface area contributed by atoms with Crippen molar-refractivity contribution in [2.24, 2.45) is 0 Å².